The Balaban J connectivity index is 1.80. The van der Waals surface area contributed by atoms with Gasteiger partial charge in [0.15, 0.2) is 0 Å². The molecule has 4 nitrogen and oxygen atoms in total. The second kappa shape index (κ2) is 10.4. The van der Waals surface area contributed by atoms with Crippen molar-refractivity contribution in [1.29, 1.82) is 0 Å². The third kappa shape index (κ3) is 5.99. The number of hydrogen-bond donors (Lipinski definition) is 0. The number of benzene rings is 2. The molecule has 0 spiro atoms. The number of ether oxygens (including phenoxy) is 4. The molecule has 0 heterocycles. The fourth-order valence-electron chi connectivity index (χ4n) is 2.63. The van der Waals surface area contributed by atoms with Crippen molar-refractivity contribution < 1.29 is 18.9 Å². The van der Waals surface area contributed by atoms with Crippen LogP contribution in [0.4, 0.5) is 0 Å². The Morgan fingerprint density at radius 3 is 1.96 bits per heavy atom. The second-order valence-electron chi connectivity index (χ2n) is 5.62. The zero-order valence-corrected chi connectivity index (χ0v) is 17.2. The normalized spacial score (nSPS) is 10.4. The third-order valence-corrected chi connectivity index (χ3v) is 4.69. The van der Waals surface area contributed by atoms with E-state index in [1.807, 2.05) is 24.3 Å². The average Bonchev–Trinajstić information content (AvgIpc) is 2.65. The van der Waals surface area contributed by atoms with Crippen molar-refractivity contribution in [3.8, 4) is 23.0 Å². The van der Waals surface area contributed by atoms with Gasteiger partial charge >= 0.3 is 0 Å². The number of unbranched alkanes of at least 4 members (excludes halogenated alkanes) is 2. The summed E-state index contributed by atoms with van der Waals surface area (Å²) in [5.74, 6) is 3.29. The van der Waals surface area contributed by atoms with Crippen molar-refractivity contribution in [3.05, 3.63) is 45.5 Å². The molecule has 5 heteroatoms. The zero-order chi connectivity index (χ0) is 18.1. The molecule has 0 bridgehead atoms. The van der Waals surface area contributed by atoms with Gasteiger partial charge in [0.25, 0.3) is 0 Å². The molecule has 25 heavy (non-hydrogen) atoms. The predicted molar refractivity (Wildman–Crippen MR) is 108 cm³/mol. The van der Waals surface area contributed by atoms with Crippen LogP contribution in [0.15, 0.2) is 36.4 Å². The molecular weight excluding hydrogens is 431 g/mol. The van der Waals surface area contributed by atoms with Gasteiger partial charge in [-0.2, -0.15) is 0 Å². The van der Waals surface area contributed by atoms with Crippen LogP contribution in [0.2, 0.25) is 0 Å². The van der Waals surface area contributed by atoms with Gasteiger partial charge in [-0.1, -0.05) is 0 Å². The zero-order valence-electron chi connectivity index (χ0n) is 15.0. The summed E-state index contributed by atoms with van der Waals surface area (Å²) < 4.78 is 23.2. The summed E-state index contributed by atoms with van der Waals surface area (Å²) in [5, 5.41) is 0. The van der Waals surface area contributed by atoms with E-state index in [1.165, 1.54) is 3.57 Å². The first-order valence-corrected chi connectivity index (χ1v) is 9.43. The predicted octanol–water partition coefficient (Wildman–Crippen LogP) is 5.11. The van der Waals surface area contributed by atoms with Gasteiger partial charge in [0.05, 0.1) is 27.9 Å². The number of rotatable bonds is 10. The molecule has 0 radical (unpaired) electrons. The van der Waals surface area contributed by atoms with Gasteiger partial charge in [-0.05, 0) is 72.5 Å². The van der Waals surface area contributed by atoms with Crippen LogP contribution in [0.25, 0.3) is 0 Å². The summed E-state index contributed by atoms with van der Waals surface area (Å²) in [6, 6.07) is 11.9. The fourth-order valence-corrected chi connectivity index (χ4v) is 2.99. The molecule has 2 aromatic rings. The molecule has 0 amide bonds. The largest absolute Gasteiger partial charge is 0.496 e. The quantitative estimate of drug-likeness (QED) is 0.368. The Morgan fingerprint density at radius 2 is 1.40 bits per heavy atom. The second-order valence-corrected chi connectivity index (χ2v) is 6.87. The molecule has 2 aromatic carbocycles. The topological polar surface area (TPSA) is 36.9 Å². The standard InChI is InChI=1S/C20H25IO4/c1-22-17-13-19(23-2)18(20(14-17)24-3)7-5-4-6-12-25-16-10-8-15(21)9-11-16/h8-11,13-14H,4-7,12H2,1-3H3. The van der Waals surface area contributed by atoms with Crippen molar-refractivity contribution in [3.63, 3.8) is 0 Å². The maximum absolute atomic E-state index is 5.76. The summed E-state index contributed by atoms with van der Waals surface area (Å²) in [4.78, 5) is 0. The van der Waals surface area contributed by atoms with Crippen LogP contribution in [-0.4, -0.2) is 27.9 Å². The summed E-state index contributed by atoms with van der Waals surface area (Å²) >= 11 is 2.29. The fraction of sp³-hybridized carbons (Fsp3) is 0.400. The lowest BCUT2D eigenvalue weighted by molar-refractivity contribution is 0.305. The van der Waals surface area contributed by atoms with Gasteiger partial charge in [0, 0.05) is 21.3 Å². The van der Waals surface area contributed by atoms with E-state index < -0.39 is 0 Å². The molecule has 136 valence electrons. The minimum Gasteiger partial charge on any atom is -0.496 e. The first-order valence-electron chi connectivity index (χ1n) is 8.35. The lowest BCUT2D eigenvalue weighted by Crippen LogP contribution is -2.00. The van der Waals surface area contributed by atoms with Gasteiger partial charge in [0.2, 0.25) is 0 Å². The van der Waals surface area contributed by atoms with E-state index in [0.29, 0.717) is 0 Å². The highest BCUT2D eigenvalue weighted by Crippen LogP contribution is 2.35. The molecule has 0 aliphatic carbocycles. The molecule has 0 saturated heterocycles. The third-order valence-electron chi connectivity index (χ3n) is 3.97. The molecule has 0 fully saturated rings. The van der Waals surface area contributed by atoms with Crippen molar-refractivity contribution in [2.24, 2.45) is 0 Å². The van der Waals surface area contributed by atoms with Crippen LogP contribution in [0, 0.1) is 3.57 Å². The lowest BCUT2D eigenvalue weighted by atomic mass is 10.0. The van der Waals surface area contributed by atoms with E-state index >= 15 is 0 Å². The first-order chi connectivity index (χ1) is 12.2. The van der Waals surface area contributed by atoms with E-state index in [2.05, 4.69) is 34.7 Å². The van der Waals surface area contributed by atoms with Crippen LogP contribution < -0.4 is 18.9 Å². The maximum atomic E-state index is 5.76. The lowest BCUT2D eigenvalue weighted by Gasteiger charge is -2.15. The molecule has 0 atom stereocenters. The van der Waals surface area contributed by atoms with Crippen LogP contribution in [0.5, 0.6) is 23.0 Å². The summed E-state index contributed by atoms with van der Waals surface area (Å²) in [6.45, 7) is 0.734. The highest BCUT2D eigenvalue weighted by Gasteiger charge is 2.12. The highest BCUT2D eigenvalue weighted by atomic mass is 127. The summed E-state index contributed by atoms with van der Waals surface area (Å²) in [5.41, 5.74) is 1.09. The Bertz CT molecular complexity index is 630. The summed E-state index contributed by atoms with van der Waals surface area (Å²) in [7, 11) is 4.99. The van der Waals surface area contributed by atoms with Crippen LogP contribution in [-0.2, 0) is 6.42 Å². The van der Waals surface area contributed by atoms with Crippen LogP contribution >= 0.6 is 22.6 Å². The van der Waals surface area contributed by atoms with Crippen molar-refractivity contribution >= 4 is 22.6 Å². The van der Waals surface area contributed by atoms with Crippen LogP contribution in [0.3, 0.4) is 0 Å². The van der Waals surface area contributed by atoms with Gasteiger partial charge in [-0.25, -0.2) is 0 Å². The minimum absolute atomic E-state index is 0.734. The van der Waals surface area contributed by atoms with Crippen molar-refractivity contribution in [1.82, 2.24) is 0 Å². The molecular formula is C20H25IO4. The SMILES string of the molecule is COc1cc(OC)c(CCCCCOc2ccc(I)cc2)c(OC)c1. The molecule has 2 rings (SSSR count). The van der Waals surface area contributed by atoms with E-state index in [1.54, 1.807) is 21.3 Å². The monoisotopic (exact) mass is 456 g/mol. The number of halogens is 1. The Hall–Kier alpha value is -1.63. The van der Waals surface area contributed by atoms with E-state index in [9.17, 15) is 0 Å². The Kier molecular flexibility index (Phi) is 8.18. The van der Waals surface area contributed by atoms with Gasteiger partial charge in [0.1, 0.15) is 23.0 Å². The first kappa shape index (κ1) is 19.7. The Morgan fingerprint density at radius 1 is 0.760 bits per heavy atom. The molecule has 0 aliphatic rings. The molecule has 0 aromatic heterocycles. The van der Waals surface area contributed by atoms with Crippen molar-refractivity contribution in [2.45, 2.75) is 25.7 Å². The average molecular weight is 456 g/mol. The number of methoxy groups -OCH3 is 3. The Labute approximate surface area is 163 Å². The summed E-state index contributed by atoms with van der Waals surface area (Å²) in [6.07, 6.45) is 4.06. The van der Waals surface area contributed by atoms with Gasteiger partial charge in [-0.15, -0.1) is 0 Å². The van der Waals surface area contributed by atoms with Gasteiger partial charge in [-0.3, -0.25) is 0 Å². The van der Waals surface area contributed by atoms with Crippen LogP contribution in [0.1, 0.15) is 24.8 Å². The molecule has 0 aliphatic heterocycles. The smallest absolute Gasteiger partial charge is 0.129 e. The van der Waals surface area contributed by atoms with E-state index in [4.69, 9.17) is 18.9 Å². The molecule has 0 saturated carbocycles. The molecule has 0 unspecified atom stereocenters. The number of hydrogen-bond acceptors (Lipinski definition) is 4. The van der Waals surface area contributed by atoms with E-state index in [0.717, 1.165) is 60.9 Å². The highest BCUT2D eigenvalue weighted by molar-refractivity contribution is 14.1. The minimum atomic E-state index is 0.734. The van der Waals surface area contributed by atoms with Crippen molar-refractivity contribution in [2.75, 3.05) is 27.9 Å². The molecule has 0 N–H and O–H groups in total. The van der Waals surface area contributed by atoms with E-state index in [-0.39, 0.29) is 0 Å². The van der Waals surface area contributed by atoms with Gasteiger partial charge < -0.3 is 18.9 Å². The maximum Gasteiger partial charge on any atom is 0.129 e.